The van der Waals surface area contributed by atoms with E-state index >= 15 is 0 Å². The van der Waals surface area contributed by atoms with Gasteiger partial charge in [0.05, 0.1) is 5.92 Å². The zero-order valence-corrected chi connectivity index (χ0v) is 12.4. The number of ether oxygens (including phenoxy) is 1. The fourth-order valence-electron chi connectivity index (χ4n) is 2.46. The highest BCUT2D eigenvalue weighted by Gasteiger charge is 2.32. The van der Waals surface area contributed by atoms with E-state index in [2.05, 4.69) is 36.2 Å². The van der Waals surface area contributed by atoms with Crippen molar-refractivity contribution < 1.29 is 9.26 Å². The van der Waals surface area contributed by atoms with E-state index in [-0.39, 0.29) is 11.5 Å². The van der Waals surface area contributed by atoms with Crippen molar-refractivity contribution >= 4 is 0 Å². The van der Waals surface area contributed by atoms with E-state index in [1.54, 1.807) is 0 Å². The molecule has 19 heavy (non-hydrogen) atoms. The third kappa shape index (κ3) is 3.54. The van der Waals surface area contributed by atoms with E-state index in [0.29, 0.717) is 18.3 Å². The van der Waals surface area contributed by atoms with Crippen LogP contribution < -0.4 is 5.32 Å². The lowest BCUT2D eigenvalue weighted by molar-refractivity contribution is -0.0203. The third-order valence-electron chi connectivity index (χ3n) is 3.46. The smallest absolute Gasteiger partial charge is 0.231 e. The Bertz CT molecular complexity index is 392. The molecule has 0 bridgehead atoms. The summed E-state index contributed by atoms with van der Waals surface area (Å²) in [6.45, 7) is 11.0. The first-order chi connectivity index (χ1) is 9.02. The highest BCUT2D eigenvalue weighted by atomic mass is 16.5. The van der Waals surface area contributed by atoms with Crippen molar-refractivity contribution in [3.63, 3.8) is 0 Å². The molecule has 0 radical (unpaired) electrons. The summed E-state index contributed by atoms with van der Waals surface area (Å²) in [6, 6.07) is 0. The van der Waals surface area contributed by atoms with E-state index in [1.165, 1.54) is 0 Å². The van der Waals surface area contributed by atoms with Crippen LogP contribution in [0.15, 0.2) is 4.52 Å². The maximum Gasteiger partial charge on any atom is 0.231 e. The summed E-state index contributed by atoms with van der Waals surface area (Å²) in [5.41, 5.74) is -0.0397. The second-order valence-corrected chi connectivity index (χ2v) is 6.24. The maximum absolute atomic E-state index is 5.79. The molecule has 1 aliphatic rings. The van der Waals surface area contributed by atoms with Gasteiger partial charge < -0.3 is 14.6 Å². The summed E-state index contributed by atoms with van der Waals surface area (Å²) in [5, 5.41) is 7.51. The molecule has 1 aliphatic heterocycles. The van der Waals surface area contributed by atoms with Crippen LogP contribution in [0.5, 0.6) is 0 Å². The zero-order valence-electron chi connectivity index (χ0n) is 12.4. The summed E-state index contributed by atoms with van der Waals surface area (Å²) < 4.78 is 11.2. The number of rotatable bonds is 4. The zero-order chi connectivity index (χ0) is 13.9. The first-order valence-electron chi connectivity index (χ1n) is 7.18. The fourth-order valence-corrected chi connectivity index (χ4v) is 2.46. The highest BCUT2D eigenvalue weighted by Crippen LogP contribution is 2.35. The lowest BCUT2D eigenvalue weighted by Gasteiger charge is -2.27. The van der Waals surface area contributed by atoms with Crippen LogP contribution in [0.3, 0.4) is 0 Å². The molecule has 2 rings (SSSR count). The Hall–Kier alpha value is -0.940. The van der Waals surface area contributed by atoms with Crippen molar-refractivity contribution in [1.82, 2.24) is 15.5 Å². The van der Waals surface area contributed by atoms with E-state index < -0.39 is 0 Å². The molecule has 5 heteroatoms. The summed E-state index contributed by atoms with van der Waals surface area (Å²) >= 11 is 0. The number of aromatic nitrogens is 2. The molecule has 2 heterocycles. The third-order valence-corrected chi connectivity index (χ3v) is 3.46. The standard InChI is InChI=1S/C14H25N3O2/c1-5-18-11(14(2,3)4)12-16-13(19-17-12)10-7-6-8-15-9-10/h10-11,15H,5-9H2,1-4H3/t10-,11?/m1/s1. The summed E-state index contributed by atoms with van der Waals surface area (Å²) in [5.74, 6) is 1.77. The van der Waals surface area contributed by atoms with Gasteiger partial charge in [-0.3, -0.25) is 0 Å². The summed E-state index contributed by atoms with van der Waals surface area (Å²) in [4.78, 5) is 4.58. The van der Waals surface area contributed by atoms with Crippen molar-refractivity contribution in [1.29, 1.82) is 0 Å². The average molecular weight is 267 g/mol. The number of nitrogens with one attached hydrogen (secondary N) is 1. The minimum absolute atomic E-state index is 0.0397. The van der Waals surface area contributed by atoms with Gasteiger partial charge in [0.2, 0.25) is 11.7 Å². The molecule has 1 N–H and O–H groups in total. The Kier molecular flexibility index (Phi) is 4.58. The van der Waals surface area contributed by atoms with Gasteiger partial charge in [-0.2, -0.15) is 4.98 Å². The summed E-state index contributed by atoms with van der Waals surface area (Å²) in [7, 11) is 0. The highest BCUT2D eigenvalue weighted by molar-refractivity contribution is 5.01. The second-order valence-electron chi connectivity index (χ2n) is 6.24. The molecule has 0 aliphatic carbocycles. The normalized spacial score (nSPS) is 22.4. The molecule has 1 aromatic rings. The first-order valence-corrected chi connectivity index (χ1v) is 7.18. The van der Waals surface area contributed by atoms with Crippen LogP contribution in [-0.4, -0.2) is 29.8 Å². The molecule has 5 nitrogen and oxygen atoms in total. The van der Waals surface area contributed by atoms with E-state index in [0.717, 1.165) is 31.8 Å². The van der Waals surface area contributed by atoms with Crippen molar-refractivity contribution in [2.45, 2.75) is 52.6 Å². The van der Waals surface area contributed by atoms with Crippen LogP contribution in [0, 0.1) is 5.41 Å². The van der Waals surface area contributed by atoms with Crippen LogP contribution in [0.2, 0.25) is 0 Å². The molecule has 0 saturated carbocycles. The Morgan fingerprint density at radius 2 is 2.26 bits per heavy atom. The van der Waals surface area contributed by atoms with Gasteiger partial charge in [0.25, 0.3) is 0 Å². The molecule has 0 amide bonds. The molecule has 0 aromatic carbocycles. The quantitative estimate of drug-likeness (QED) is 0.908. The van der Waals surface area contributed by atoms with Gasteiger partial charge in [-0.15, -0.1) is 0 Å². The fraction of sp³-hybridized carbons (Fsp3) is 0.857. The van der Waals surface area contributed by atoms with Crippen molar-refractivity contribution in [2.24, 2.45) is 5.41 Å². The summed E-state index contributed by atoms with van der Waals surface area (Å²) in [6.07, 6.45) is 2.16. The van der Waals surface area contributed by atoms with Gasteiger partial charge in [0.1, 0.15) is 6.10 Å². The SMILES string of the molecule is CCOC(c1noc([C@@H]2CCCNC2)n1)C(C)(C)C. The van der Waals surface area contributed by atoms with E-state index in [1.807, 2.05) is 6.92 Å². The Labute approximate surface area is 115 Å². The maximum atomic E-state index is 5.79. The average Bonchev–Trinajstić information content (AvgIpc) is 2.84. The number of hydrogen-bond acceptors (Lipinski definition) is 5. The monoisotopic (exact) mass is 267 g/mol. The molecule has 1 saturated heterocycles. The molecule has 1 unspecified atom stereocenters. The van der Waals surface area contributed by atoms with Crippen LogP contribution in [0.4, 0.5) is 0 Å². The van der Waals surface area contributed by atoms with Crippen molar-refractivity contribution in [2.75, 3.05) is 19.7 Å². The van der Waals surface area contributed by atoms with Gasteiger partial charge >= 0.3 is 0 Å². The molecule has 1 aromatic heterocycles. The first kappa shape index (κ1) is 14.5. The van der Waals surface area contributed by atoms with Gasteiger partial charge in [-0.25, -0.2) is 0 Å². The molecule has 1 fully saturated rings. The van der Waals surface area contributed by atoms with Gasteiger partial charge in [0.15, 0.2) is 0 Å². The number of nitrogens with zero attached hydrogens (tertiary/aromatic N) is 2. The van der Waals surface area contributed by atoms with Crippen LogP contribution in [0.1, 0.15) is 64.3 Å². The number of piperidine rings is 1. The van der Waals surface area contributed by atoms with Gasteiger partial charge in [0, 0.05) is 13.2 Å². The van der Waals surface area contributed by atoms with Gasteiger partial charge in [-0.1, -0.05) is 25.9 Å². The van der Waals surface area contributed by atoms with Crippen LogP contribution in [-0.2, 0) is 4.74 Å². The Morgan fingerprint density at radius 1 is 1.47 bits per heavy atom. The lowest BCUT2D eigenvalue weighted by atomic mass is 9.88. The molecular formula is C14H25N3O2. The van der Waals surface area contributed by atoms with Crippen molar-refractivity contribution in [3.8, 4) is 0 Å². The van der Waals surface area contributed by atoms with E-state index in [4.69, 9.17) is 9.26 Å². The molecule has 108 valence electrons. The Balaban J connectivity index is 2.13. The predicted molar refractivity (Wildman–Crippen MR) is 73.0 cm³/mol. The van der Waals surface area contributed by atoms with Crippen LogP contribution >= 0.6 is 0 Å². The minimum atomic E-state index is -0.119. The second kappa shape index (κ2) is 6.01. The van der Waals surface area contributed by atoms with Crippen LogP contribution in [0.25, 0.3) is 0 Å². The molecule has 0 spiro atoms. The molecule has 2 atom stereocenters. The predicted octanol–water partition coefficient (Wildman–Crippen LogP) is 2.66. The van der Waals surface area contributed by atoms with E-state index in [9.17, 15) is 0 Å². The topological polar surface area (TPSA) is 60.2 Å². The molecular weight excluding hydrogens is 242 g/mol. The lowest BCUT2D eigenvalue weighted by Crippen LogP contribution is -2.28. The number of hydrogen-bond donors (Lipinski definition) is 1. The Morgan fingerprint density at radius 3 is 2.84 bits per heavy atom. The largest absolute Gasteiger partial charge is 0.370 e. The van der Waals surface area contributed by atoms with Gasteiger partial charge in [-0.05, 0) is 31.7 Å². The minimum Gasteiger partial charge on any atom is -0.370 e. The van der Waals surface area contributed by atoms with Crippen molar-refractivity contribution in [3.05, 3.63) is 11.7 Å².